The number of rotatable bonds is 4. The Morgan fingerprint density at radius 1 is 1.20 bits per heavy atom. The topological polar surface area (TPSA) is 26.3 Å². The first-order chi connectivity index (χ1) is 6.95. The number of hydrogen-bond donors (Lipinski definition) is 0. The van der Waals surface area contributed by atoms with E-state index in [-0.39, 0.29) is 0 Å². The largest absolute Gasteiger partial charge is 0.455 e. The van der Waals surface area contributed by atoms with Crippen molar-refractivity contribution in [1.29, 1.82) is 0 Å². The fourth-order valence-corrected chi connectivity index (χ4v) is 7.85. The van der Waals surface area contributed by atoms with Crippen LogP contribution in [0.3, 0.4) is 0 Å². The first kappa shape index (κ1) is 12.4. The second-order valence-electron chi connectivity index (χ2n) is 4.42. The third-order valence-corrected chi connectivity index (χ3v) is 8.24. The van der Waals surface area contributed by atoms with Crippen LogP contribution in [-0.4, -0.2) is 23.6 Å². The van der Waals surface area contributed by atoms with Gasteiger partial charge in [0.05, 0.1) is 0 Å². The summed E-state index contributed by atoms with van der Waals surface area (Å²) in [7, 11) is -2.73. The van der Waals surface area contributed by atoms with Crippen molar-refractivity contribution >= 4 is 28.8 Å². The third-order valence-electron chi connectivity index (χ3n) is 2.27. The molecule has 0 saturated heterocycles. The van der Waals surface area contributed by atoms with E-state index in [1.54, 1.807) is 0 Å². The molecule has 0 spiro atoms. The predicted octanol–water partition coefficient (Wildman–Crippen LogP) is 1.91. The molecule has 0 unspecified atom stereocenters. The molecule has 4 heteroatoms. The maximum Gasteiger partial charge on any atom is 0.205 e. The van der Waals surface area contributed by atoms with E-state index in [1.807, 2.05) is 24.3 Å². The van der Waals surface area contributed by atoms with Crippen molar-refractivity contribution in [3.8, 4) is 0 Å². The van der Waals surface area contributed by atoms with Crippen molar-refractivity contribution < 1.29 is 8.91 Å². The summed E-state index contributed by atoms with van der Waals surface area (Å²) >= 11 is 0. The number of carbonyl (C=O) groups excluding carboxylic acids is 1. The molecule has 2 nitrogen and oxygen atoms in total. The minimum absolute atomic E-state index is 0.727. The normalized spacial score (nSPS) is 11.8. The summed E-state index contributed by atoms with van der Waals surface area (Å²) < 4.78 is 6.09. The zero-order chi connectivity index (χ0) is 11.5. The summed E-state index contributed by atoms with van der Waals surface area (Å²) in [5.74, 6) is 0. The van der Waals surface area contributed by atoms with Crippen molar-refractivity contribution in [3.63, 3.8) is 0 Å². The molecule has 0 aliphatic heterocycles. The minimum atomic E-state index is -1.73. The van der Waals surface area contributed by atoms with E-state index in [0.717, 1.165) is 11.8 Å². The van der Waals surface area contributed by atoms with Crippen molar-refractivity contribution in [2.45, 2.75) is 26.2 Å². The van der Waals surface area contributed by atoms with E-state index >= 15 is 0 Å². The molecular formula is C11H18O2Si2. The highest BCUT2D eigenvalue weighted by molar-refractivity contribution is 6.88. The van der Waals surface area contributed by atoms with Crippen LogP contribution in [0.15, 0.2) is 24.3 Å². The number of hydrogen-bond acceptors (Lipinski definition) is 2. The lowest BCUT2D eigenvalue weighted by atomic mass is 10.2. The van der Waals surface area contributed by atoms with Crippen LogP contribution in [0.2, 0.25) is 26.2 Å². The molecule has 0 N–H and O–H groups in total. The summed E-state index contributed by atoms with van der Waals surface area (Å²) in [6, 6.07) is 7.77. The Kier molecular flexibility index (Phi) is 4.01. The van der Waals surface area contributed by atoms with Gasteiger partial charge in [-0.2, -0.15) is 0 Å². The van der Waals surface area contributed by atoms with Crippen LogP contribution >= 0.6 is 0 Å². The molecule has 0 aliphatic carbocycles. The summed E-state index contributed by atoms with van der Waals surface area (Å²) in [6.07, 6.45) is 0.871. The van der Waals surface area contributed by atoms with E-state index in [0.29, 0.717) is 0 Å². The molecule has 0 amide bonds. The zero-order valence-electron chi connectivity index (χ0n) is 9.78. The summed E-state index contributed by atoms with van der Waals surface area (Å²) in [4.78, 5) is 10.5. The van der Waals surface area contributed by atoms with Gasteiger partial charge in [-0.1, -0.05) is 24.3 Å². The second kappa shape index (κ2) is 4.87. The summed E-state index contributed by atoms with van der Waals surface area (Å²) in [5, 5.41) is 1.26. The molecule has 0 bridgehead atoms. The molecular weight excluding hydrogens is 220 g/mol. The first-order valence-electron chi connectivity index (χ1n) is 5.19. The van der Waals surface area contributed by atoms with Crippen LogP contribution in [0, 0.1) is 0 Å². The van der Waals surface area contributed by atoms with Gasteiger partial charge in [0.15, 0.2) is 9.04 Å². The van der Waals surface area contributed by atoms with Gasteiger partial charge in [0.25, 0.3) is 0 Å². The molecule has 82 valence electrons. The molecule has 1 aromatic rings. The quantitative estimate of drug-likeness (QED) is 0.592. The SMILES string of the molecule is C[SiH](C)O[Si](C)(C)c1ccc(C=O)cc1. The van der Waals surface area contributed by atoms with Crippen molar-refractivity contribution in [1.82, 2.24) is 0 Å². The Labute approximate surface area is 94.1 Å². The lowest BCUT2D eigenvalue weighted by molar-refractivity contribution is 0.112. The minimum Gasteiger partial charge on any atom is -0.455 e. The van der Waals surface area contributed by atoms with Gasteiger partial charge in [0.2, 0.25) is 8.32 Å². The Bertz CT molecular complexity index is 331. The molecule has 0 heterocycles. The fourth-order valence-electron chi connectivity index (χ4n) is 1.62. The van der Waals surface area contributed by atoms with Crippen LogP contribution in [0.5, 0.6) is 0 Å². The Balaban J connectivity index is 2.89. The van der Waals surface area contributed by atoms with Crippen molar-refractivity contribution in [3.05, 3.63) is 29.8 Å². The average Bonchev–Trinajstić information content (AvgIpc) is 2.16. The monoisotopic (exact) mass is 238 g/mol. The van der Waals surface area contributed by atoms with Gasteiger partial charge in [-0.3, -0.25) is 4.79 Å². The Morgan fingerprint density at radius 2 is 1.73 bits per heavy atom. The standard InChI is InChI=1S/C11H18O2Si2/c1-14(2)13-15(3,4)11-7-5-10(9-12)6-8-11/h5-9,14H,1-4H3. The fraction of sp³-hybridized carbons (Fsp3) is 0.364. The molecule has 0 aromatic heterocycles. The summed E-state index contributed by atoms with van der Waals surface area (Å²) in [6.45, 7) is 8.79. The lowest BCUT2D eigenvalue weighted by Gasteiger charge is -2.26. The highest BCUT2D eigenvalue weighted by Gasteiger charge is 2.25. The highest BCUT2D eigenvalue weighted by atomic mass is 28.4. The molecule has 0 atom stereocenters. The van der Waals surface area contributed by atoms with Gasteiger partial charge >= 0.3 is 0 Å². The van der Waals surface area contributed by atoms with Gasteiger partial charge in [-0.05, 0) is 31.4 Å². The van der Waals surface area contributed by atoms with Crippen LogP contribution in [0.25, 0.3) is 0 Å². The smallest absolute Gasteiger partial charge is 0.205 e. The molecule has 0 fully saturated rings. The maximum absolute atomic E-state index is 10.5. The number of benzene rings is 1. The van der Waals surface area contributed by atoms with Gasteiger partial charge < -0.3 is 4.12 Å². The van der Waals surface area contributed by atoms with Crippen molar-refractivity contribution in [2.75, 3.05) is 0 Å². The number of aldehydes is 1. The van der Waals surface area contributed by atoms with Crippen LogP contribution in [0.1, 0.15) is 10.4 Å². The lowest BCUT2D eigenvalue weighted by Crippen LogP contribution is -2.47. The second-order valence-corrected chi connectivity index (χ2v) is 11.1. The van der Waals surface area contributed by atoms with Crippen LogP contribution in [0.4, 0.5) is 0 Å². The predicted molar refractivity (Wildman–Crippen MR) is 68.9 cm³/mol. The highest BCUT2D eigenvalue weighted by Crippen LogP contribution is 2.07. The van der Waals surface area contributed by atoms with E-state index < -0.39 is 17.4 Å². The Hall–Kier alpha value is -0.716. The first-order valence-corrected chi connectivity index (χ1v) is 10.9. The third kappa shape index (κ3) is 3.41. The van der Waals surface area contributed by atoms with E-state index in [1.165, 1.54) is 5.19 Å². The zero-order valence-corrected chi connectivity index (χ0v) is 11.9. The van der Waals surface area contributed by atoms with E-state index in [2.05, 4.69) is 26.2 Å². The van der Waals surface area contributed by atoms with Crippen LogP contribution < -0.4 is 5.19 Å². The van der Waals surface area contributed by atoms with Crippen molar-refractivity contribution in [2.24, 2.45) is 0 Å². The van der Waals surface area contributed by atoms with Crippen LogP contribution in [-0.2, 0) is 4.12 Å². The molecule has 1 aromatic carbocycles. The van der Waals surface area contributed by atoms with Gasteiger partial charge in [-0.25, -0.2) is 0 Å². The summed E-state index contributed by atoms with van der Waals surface area (Å²) in [5.41, 5.74) is 0.727. The molecule has 15 heavy (non-hydrogen) atoms. The van der Waals surface area contributed by atoms with Gasteiger partial charge in [-0.15, -0.1) is 0 Å². The molecule has 0 saturated carbocycles. The van der Waals surface area contributed by atoms with Gasteiger partial charge in [0.1, 0.15) is 6.29 Å². The molecule has 0 aliphatic rings. The van der Waals surface area contributed by atoms with Gasteiger partial charge in [0, 0.05) is 5.56 Å². The van der Waals surface area contributed by atoms with E-state index in [9.17, 15) is 4.79 Å². The molecule has 1 rings (SSSR count). The average molecular weight is 238 g/mol. The number of carbonyl (C=O) groups is 1. The Morgan fingerprint density at radius 3 is 2.13 bits per heavy atom. The molecule has 0 radical (unpaired) electrons. The maximum atomic E-state index is 10.5. The van der Waals surface area contributed by atoms with E-state index in [4.69, 9.17) is 4.12 Å².